The molecular weight excluding hydrogens is 260 g/mol. The number of nitrogens with one attached hydrogen (secondary N) is 1. The fourth-order valence-corrected chi connectivity index (χ4v) is 2.28. The summed E-state index contributed by atoms with van der Waals surface area (Å²) >= 11 is 0. The number of benzene rings is 1. The Balaban J connectivity index is 2.23. The molecule has 0 fully saturated rings. The van der Waals surface area contributed by atoms with Gasteiger partial charge >= 0.3 is 0 Å². The Morgan fingerprint density at radius 2 is 2.00 bits per heavy atom. The fourth-order valence-electron chi connectivity index (χ4n) is 2.28. The van der Waals surface area contributed by atoms with Gasteiger partial charge in [0, 0.05) is 18.2 Å². The van der Waals surface area contributed by atoms with E-state index in [1.54, 1.807) is 0 Å². The first-order chi connectivity index (χ1) is 10.2. The van der Waals surface area contributed by atoms with Gasteiger partial charge in [-0.25, -0.2) is 9.97 Å². The Labute approximate surface area is 125 Å². The highest BCUT2D eigenvalue weighted by molar-refractivity contribution is 5.40. The zero-order valence-corrected chi connectivity index (χ0v) is 12.5. The molecule has 1 aromatic carbocycles. The minimum atomic E-state index is 0.0878. The van der Waals surface area contributed by atoms with Gasteiger partial charge in [0.1, 0.15) is 11.6 Å². The third kappa shape index (κ3) is 4.28. The van der Waals surface area contributed by atoms with E-state index in [-0.39, 0.29) is 6.04 Å². The van der Waals surface area contributed by atoms with Crippen molar-refractivity contribution in [1.82, 2.24) is 9.97 Å². The van der Waals surface area contributed by atoms with Crippen LogP contribution in [0.2, 0.25) is 0 Å². The van der Waals surface area contributed by atoms with Gasteiger partial charge in [-0.05, 0) is 25.3 Å². The summed E-state index contributed by atoms with van der Waals surface area (Å²) in [5.41, 5.74) is 2.19. The van der Waals surface area contributed by atoms with Crippen LogP contribution in [0.15, 0.2) is 36.4 Å². The van der Waals surface area contributed by atoms with Crippen LogP contribution in [0.1, 0.15) is 42.9 Å². The Morgan fingerprint density at radius 1 is 1.24 bits per heavy atom. The SMILES string of the molecule is CCc1cc(NC(CCC#N)c2ccccc2)nc(C)n1. The number of hydrogen-bond acceptors (Lipinski definition) is 4. The van der Waals surface area contributed by atoms with Gasteiger partial charge in [0.25, 0.3) is 0 Å². The van der Waals surface area contributed by atoms with E-state index in [4.69, 9.17) is 5.26 Å². The minimum absolute atomic E-state index is 0.0878. The zero-order valence-electron chi connectivity index (χ0n) is 12.5. The van der Waals surface area contributed by atoms with E-state index < -0.39 is 0 Å². The van der Waals surface area contributed by atoms with Crippen LogP contribution in [-0.2, 0) is 6.42 Å². The molecule has 1 N–H and O–H groups in total. The number of anilines is 1. The van der Waals surface area contributed by atoms with Crippen molar-refractivity contribution < 1.29 is 0 Å². The molecule has 0 saturated carbocycles. The summed E-state index contributed by atoms with van der Waals surface area (Å²) in [7, 11) is 0. The summed E-state index contributed by atoms with van der Waals surface area (Å²) in [5.74, 6) is 1.59. The molecule has 1 aromatic heterocycles. The van der Waals surface area contributed by atoms with Gasteiger partial charge in [-0.1, -0.05) is 37.3 Å². The van der Waals surface area contributed by atoms with Crippen molar-refractivity contribution in [3.05, 3.63) is 53.5 Å². The van der Waals surface area contributed by atoms with E-state index in [0.717, 1.165) is 30.2 Å². The van der Waals surface area contributed by atoms with Gasteiger partial charge in [0.05, 0.1) is 12.1 Å². The fraction of sp³-hybridized carbons (Fsp3) is 0.353. The van der Waals surface area contributed by atoms with Crippen LogP contribution in [0.4, 0.5) is 5.82 Å². The molecule has 0 amide bonds. The van der Waals surface area contributed by atoms with Crippen molar-refractivity contribution in [3.8, 4) is 6.07 Å². The first kappa shape index (κ1) is 15.0. The number of rotatable bonds is 6. The van der Waals surface area contributed by atoms with Gasteiger partial charge in [0.2, 0.25) is 0 Å². The standard InChI is InChI=1S/C17H20N4/c1-3-15-12-17(20-13(2)19-15)21-16(10-7-11-18)14-8-5-4-6-9-14/h4-6,8-9,12,16H,3,7,10H2,1-2H3,(H,19,20,21). The molecule has 0 aliphatic carbocycles. The molecule has 1 atom stereocenters. The van der Waals surface area contributed by atoms with E-state index in [9.17, 15) is 0 Å². The summed E-state index contributed by atoms with van der Waals surface area (Å²) in [4.78, 5) is 8.84. The first-order valence-corrected chi connectivity index (χ1v) is 7.26. The maximum absolute atomic E-state index is 8.85. The van der Waals surface area contributed by atoms with Gasteiger partial charge in [-0.15, -0.1) is 0 Å². The van der Waals surface area contributed by atoms with Crippen molar-refractivity contribution in [2.45, 2.75) is 39.2 Å². The van der Waals surface area contributed by atoms with Crippen molar-refractivity contribution in [3.63, 3.8) is 0 Å². The first-order valence-electron chi connectivity index (χ1n) is 7.26. The molecule has 1 heterocycles. The Bertz CT molecular complexity index is 616. The second-order valence-electron chi connectivity index (χ2n) is 4.95. The molecule has 0 saturated heterocycles. The van der Waals surface area contributed by atoms with Crippen molar-refractivity contribution in [2.24, 2.45) is 0 Å². The molecular formula is C17H20N4. The molecule has 0 radical (unpaired) electrons. The molecule has 4 nitrogen and oxygen atoms in total. The summed E-state index contributed by atoms with van der Waals surface area (Å²) in [6, 6.07) is 14.5. The summed E-state index contributed by atoms with van der Waals surface area (Å²) in [6.07, 6.45) is 2.15. The summed E-state index contributed by atoms with van der Waals surface area (Å²) in [5, 5.41) is 12.3. The molecule has 2 rings (SSSR count). The summed E-state index contributed by atoms with van der Waals surface area (Å²) in [6.45, 7) is 3.98. The Hall–Kier alpha value is -2.41. The monoisotopic (exact) mass is 280 g/mol. The Kier molecular flexibility index (Phi) is 5.28. The number of aromatic nitrogens is 2. The lowest BCUT2D eigenvalue weighted by molar-refractivity contribution is 0.704. The van der Waals surface area contributed by atoms with Gasteiger partial charge < -0.3 is 5.32 Å². The molecule has 21 heavy (non-hydrogen) atoms. The quantitative estimate of drug-likeness (QED) is 0.874. The van der Waals surface area contributed by atoms with Crippen LogP contribution in [0.5, 0.6) is 0 Å². The third-order valence-electron chi connectivity index (χ3n) is 3.32. The topological polar surface area (TPSA) is 61.6 Å². The lowest BCUT2D eigenvalue weighted by Gasteiger charge is -2.19. The molecule has 2 aromatic rings. The molecule has 0 aliphatic rings. The molecule has 0 spiro atoms. The molecule has 1 unspecified atom stereocenters. The third-order valence-corrected chi connectivity index (χ3v) is 3.32. The lowest BCUT2D eigenvalue weighted by Crippen LogP contribution is -2.13. The summed E-state index contributed by atoms with van der Waals surface area (Å²) < 4.78 is 0. The largest absolute Gasteiger partial charge is 0.363 e. The molecule has 108 valence electrons. The van der Waals surface area contributed by atoms with Crippen molar-refractivity contribution in [2.75, 3.05) is 5.32 Å². The van der Waals surface area contributed by atoms with Crippen molar-refractivity contribution in [1.29, 1.82) is 5.26 Å². The number of aryl methyl sites for hydroxylation is 2. The normalized spacial score (nSPS) is 11.7. The lowest BCUT2D eigenvalue weighted by atomic mass is 10.0. The highest BCUT2D eigenvalue weighted by atomic mass is 15.0. The van der Waals surface area contributed by atoms with Crippen LogP contribution in [0.25, 0.3) is 0 Å². The maximum Gasteiger partial charge on any atom is 0.130 e. The molecule has 4 heteroatoms. The van der Waals surface area contributed by atoms with E-state index in [1.807, 2.05) is 31.2 Å². The molecule has 0 aliphatic heterocycles. The van der Waals surface area contributed by atoms with Crippen LogP contribution < -0.4 is 5.32 Å². The highest BCUT2D eigenvalue weighted by Gasteiger charge is 2.12. The average molecular weight is 280 g/mol. The molecule has 0 bridgehead atoms. The minimum Gasteiger partial charge on any atom is -0.363 e. The second-order valence-corrected chi connectivity index (χ2v) is 4.95. The predicted octanol–water partition coefficient (Wildman–Crippen LogP) is 3.80. The van der Waals surface area contributed by atoms with E-state index >= 15 is 0 Å². The second kappa shape index (κ2) is 7.39. The predicted molar refractivity (Wildman–Crippen MR) is 83.8 cm³/mol. The van der Waals surface area contributed by atoms with E-state index in [1.165, 1.54) is 5.56 Å². The van der Waals surface area contributed by atoms with E-state index in [0.29, 0.717) is 6.42 Å². The zero-order chi connectivity index (χ0) is 15.1. The number of hydrogen-bond donors (Lipinski definition) is 1. The van der Waals surface area contributed by atoms with Crippen LogP contribution >= 0.6 is 0 Å². The van der Waals surface area contributed by atoms with Crippen LogP contribution in [-0.4, -0.2) is 9.97 Å². The Morgan fingerprint density at radius 3 is 2.67 bits per heavy atom. The van der Waals surface area contributed by atoms with Gasteiger partial charge in [-0.2, -0.15) is 5.26 Å². The average Bonchev–Trinajstić information content (AvgIpc) is 2.51. The van der Waals surface area contributed by atoms with Crippen molar-refractivity contribution >= 4 is 5.82 Å². The van der Waals surface area contributed by atoms with Crippen LogP contribution in [0.3, 0.4) is 0 Å². The number of nitriles is 1. The van der Waals surface area contributed by atoms with E-state index in [2.05, 4.69) is 40.4 Å². The van der Waals surface area contributed by atoms with Gasteiger partial charge in [-0.3, -0.25) is 0 Å². The number of nitrogens with zero attached hydrogens (tertiary/aromatic N) is 3. The van der Waals surface area contributed by atoms with Gasteiger partial charge in [0.15, 0.2) is 0 Å². The highest BCUT2D eigenvalue weighted by Crippen LogP contribution is 2.23. The maximum atomic E-state index is 8.85. The van der Waals surface area contributed by atoms with Crippen LogP contribution in [0, 0.1) is 18.3 Å². The smallest absolute Gasteiger partial charge is 0.130 e.